The molecule has 0 aromatic carbocycles. The van der Waals surface area contributed by atoms with E-state index in [-0.39, 0.29) is 5.91 Å². The molecule has 0 aliphatic carbocycles. The van der Waals surface area contributed by atoms with Gasteiger partial charge in [-0.2, -0.15) is 0 Å². The number of aromatic nitrogens is 1. The third kappa shape index (κ3) is 4.73. The smallest absolute Gasteiger partial charge is 0.219 e. The highest BCUT2D eigenvalue weighted by atomic mass is 16.2. The van der Waals surface area contributed by atoms with Crippen LogP contribution in [0.15, 0.2) is 18.3 Å². The summed E-state index contributed by atoms with van der Waals surface area (Å²) in [6.45, 7) is 6.84. The molecule has 0 spiro atoms. The minimum absolute atomic E-state index is 0.219. The Morgan fingerprint density at radius 3 is 3.00 bits per heavy atom. The maximum absolute atomic E-state index is 11.7. The summed E-state index contributed by atoms with van der Waals surface area (Å²) in [5, 5.41) is 3.33. The number of hydrogen-bond acceptors (Lipinski definition) is 3. The van der Waals surface area contributed by atoms with Crippen molar-refractivity contribution < 1.29 is 4.79 Å². The van der Waals surface area contributed by atoms with E-state index in [9.17, 15) is 4.79 Å². The molecule has 1 saturated heterocycles. The van der Waals surface area contributed by atoms with Crippen LogP contribution < -0.4 is 5.32 Å². The van der Waals surface area contributed by atoms with Crippen molar-refractivity contribution in [2.45, 2.75) is 65.0 Å². The van der Waals surface area contributed by atoms with E-state index in [2.05, 4.69) is 41.2 Å². The van der Waals surface area contributed by atoms with Crippen molar-refractivity contribution in [2.24, 2.45) is 0 Å². The summed E-state index contributed by atoms with van der Waals surface area (Å²) in [6.07, 6.45) is 7.44. The van der Waals surface area contributed by atoms with Gasteiger partial charge in [0, 0.05) is 31.7 Å². The first-order valence-corrected chi connectivity index (χ1v) is 8.05. The van der Waals surface area contributed by atoms with E-state index in [1.807, 2.05) is 6.20 Å². The largest absolute Gasteiger partial charge is 0.368 e. The minimum Gasteiger partial charge on any atom is -0.368 e. The molecule has 1 aliphatic rings. The Morgan fingerprint density at radius 2 is 2.29 bits per heavy atom. The Hall–Kier alpha value is -1.58. The number of piperidine rings is 1. The molecule has 2 heterocycles. The van der Waals surface area contributed by atoms with Gasteiger partial charge in [0.1, 0.15) is 5.82 Å². The Morgan fingerprint density at radius 1 is 1.48 bits per heavy atom. The van der Waals surface area contributed by atoms with Gasteiger partial charge in [0.2, 0.25) is 5.91 Å². The SMILES string of the molecule is CC(=O)N1CCCC[C@@H]1CCc1ccnc(NC(C)C)c1. The van der Waals surface area contributed by atoms with Gasteiger partial charge in [-0.1, -0.05) is 0 Å². The van der Waals surface area contributed by atoms with E-state index in [1.165, 1.54) is 12.0 Å². The quantitative estimate of drug-likeness (QED) is 0.905. The van der Waals surface area contributed by atoms with Gasteiger partial charge in [0.05, 0.1) is 0 Å². The fourth-order valence-electron chi connectivity index (χ4n) is 3.05. The van der Waals surface area contributed by atoms with Crippen molar-refractivity contribution >= 4 is 11.7 Å². The van der Waals surface area contributed by atoms with Gasteiger partial charge in [-0.3, -0.25) is 4.79 Å². The van der Waals surface area contributed by atoms with Gasteiger partial charge in [-0.15, -0.1) is 0 Å². The maximum Gasteiger partial charge on any atom is 0.219 e. The zero-order chi connectivity index (χ0) is 15.2. The minimum atomic E-state index is 0.219. The van der Waals surface area contributed by atoms with Gasteiger partial charge in [-0.25, -0.2) is 4.98 Å². The average molecular weight is 289 g/mol. The molecule has 4 nitrogen and oxygen atoms in total. The van der Waals surface area contributed by atoms with E-state index in [0.717, 1.165) is 38.0 Å². The molecule has 0 unspecified atom stereocenters. The normalized spacial score (nSPS) is 18.9. The van der Waals surface area contributed by atoms with Crippen LogP contribution in [0.3, 0.4) is 0 Å². The van der Waals surface area contributed by atoms with Crippen LogP contribution in [0.25, 0.3) is 0 Å². The highest BCUT2D eigenvalue weighted by molar-refractivity contribution is 5.73. The van der Waals surface area contributed by atoms with E-state index in [4.69, 9.17) is 0 Å². The van der Waals surface area contributed by atoms with Gasteiger partial charge >= 0.3 is 0 Å². The van der Waals surface area contributed by atoms with Crippen molar-refractivity contribution in [3.63, 3.8) is 0 Å². The molecule has 1 aromatic heterocycles. The first-order valence-electron chi connectivity index (χ1n) is 8.05. The molecule has 1 N–H and O–H groups in total. The zero-order valence-electron chi connectivity index (χ0n) is 13.4. The number of anilines is 1. The molecule has 116 valence electrons. The Kier molecular flexibility index (Phi) is 5.59. The number of hydrogen-bond donors (Lipinski definition) is 1. The number of likely N-dealkylation sites (tertiary alicyclic amines) is 1. The summed E-state index contributed by atoms with van der Waals surface area (Å²) in [5.74, 6) is 1.16. The lowest BCUT2D eigenvalue weighted by Gasteiger charge is -2.35. The highest BCUT2D eigenvalue weighted by Gasteiger charge is 2.23. The lowest BCUT2D eigenvalue weighted by atomic mass is 9.96. The molecule has 2 rings (SSSR count). The van der Waals surface area contributed by atoms with Crippen LogP contribution in [0.2, 0.25) is 0 Å². The summed E-state index contributed by atoms with van der Waals surface area (Å²) in [7, 11) is 0. The molecular formula is C17H27N3O. The van der Waals surface area contributed by atoms with Crippen molar-refractivity contribution in [2.75, 3.05) is 11.9 Å². The third-order valence-corrected chi connectivity index (χ3v) is 4.06. The number of amides is 1. The second-order valence-electron chi connectivity index (χ2n) is 6.25. The molecule has 1 amide bonds. The molecule has 1 atom stereocenters. The summed E-state index contributed by atoms with van der Waals surface area (Å²) in [4.78, 5) is 18.1. The second kappa shape index (κ2) is 7.43. The summed E-state index contributed by atoms with van der Waals surface area (Å²) >= 11 is 0. The number of nitrogens with zero attached hydrogens (tertiary/aromatic N) is 2. The molecular weight excluding hydrogens is 262 g/mol. The third-order valence-electron chi connectivity index (χ3n) is 4.06. The topological polar surface area (TPSA) is 45.2 Å². The maximum atomic E-state index is 11.7. The Bertz CT molecular complexity index is 473. The lowest BCUT2D eigenvalue weighted by molar-refractivity contribution is -0.132. The van der Waals surface area contributed by atoms with Crippen LogP contribution in [-0.2, 0) is 11.2 Å². The van der Waals surface area contributed by atoms with Gasteiger partial charge < -0.3 is 10.2 Å². The Labute approximate surface area is 127 Å². The van der Waals surface area contributed by atoms with Crippen molar-refractivity contribution in [1.29, 1.82) is 0 Å². The highest BCUT2D eigenvalue weighted by Crippen LogP contribution is 2.22. The van der Waals surface area contributed by atoms with E-state index < -0.39 is 0 Å². The van der Waals surface area contributed by atoms with E-state index >= 15 is 0 Å². The van der Waals surface area contributed by atoms with Crippen LogP contribution >= 0.6 is 0 Å². The molecule has 1 aliphatic heterocycles. The molecule has 4 heteroatoms. The molecule has 0 radical (unpaired) electrons. The number of carbonyl (C=O) groups excluding carboxylic acids is 1. The van der Waals surface area contributed by atoms with Crippen LogP contribution in [0.1, 0.15) is 52.0 Å². The van der Waals surface area contributed by atoms with E-state index in [0.29, 0.717) is 12.1 Å². The number of aryl methyl sites for hydroxylation is 1. The summed E-state index contributed by atoms with van der Waals surface area (Å²) < 4.78 is 0. The van der Waals surface area contributed by atoms with Gasteiger partial charge in [-0.05, 0) is 63.6 Å². The predicted octanol–water partition coefficient (Wildman–Crippen LogP) is 3.24. The molecule has 0 bridgehead atoms. The van der Waals surface area contributed by atoms with Gasteiger partial charge in [0.25, 0.3) is 0 Å². The average Bonchev–Trinajstić information content (AvgIpc) is 2.45. The molecule has 21 heavy (non-hydrogen) atoms. The van der Waals surface area contributed by atoms with E-state index in [1.54, 1.807) is 6.92 Å². The van der Waals surface area contributed by atoms with Crippen molar-refractivity contribution in [1.82, 2.24) is 9.88 Å². The van der Waals surface area contributed by atoms with Crippen molar-refractivity contribution in [3.05, 3.63) is 23.9 Å². The number of carbonyl (C=O) groups is 1. The van der Waals surface area contributed by atoms with Crippen LogP contribution in [0, 0.1) is 0 Å². The standard InChI is InChI=1S/C17H27N3O/c1-13(2)19-17-12-15(9-10-18-17)7-8-16-6-4-5-11-20(16)14(3)21/h9-10,12-13,16H,4-8,11H2,1-3H3,(H,18,19)/t16-/m1/s1. The predicted molar refractivity (Wildman–Crippen MR) is 86.3 cm³/mol. The van der Waals surface area contributed by atoms with Gasteiger partial charge in [0.15, 0.2) is 0 Å². The van der Waals surface area contributed by atoms with Crippen LogP contribution in [0.4, 0.5) is 5.82 Å². The number of pyridine rings is 1. The fourth-order valence-corrected chi connectivity index (χ4v) is 3.05. The first kappa shape index (κ1) is 15.8. The van der Waals surface area contributed by atoms with Crippen LogP contribution in [0.5, 0.6) is 0 Å². The zero-order valence-corrected chi connectivity index (χ0v) is 13.4. The summed E-state index contributed by atoms with van der Waals surface area (Å²) in [6, 6.07) is 5.00. The van der Waals surface area contributed by atoms with Crippen LogP contribution in [-0.4, -0.2) is 34.4 Å². The van der Waals surface area contributed by atoms with Crippen molar-refractivity contribution in [3.8, 4) is 0 Å². The Balaban J connectivity index is 1.93. The molecule has 1 fully saturated rings. The number of nitrogens with one attached hydrogen (secondary N) is 1. The fraction of sp³-hybridized carbons (Fsp3) is 0.647. The molecule has 0 saturated carbocycles. The number of rotatable bonds is 5. The monoisotopic (exact) mass is 289 g/mol. The molecule has 1 aromatic rings. The summed E-state index contributed by atoms with van der Waals surface area (Å²) in [5.41, 5.74) is 1.29. The lowest BCUT2D eigenvalue weighted by Crippen LogP contribution is -2.42. The second-order valence-corrected chi connectivity index (χ2v) is 6.25. The first-order chi connectivity index (χ1) is 10.1.